The molecule has 0 bridgehead atoms. The molecule has 0 spiro atoms. The molecule has 2 nitrogen and oxygen atoms in total. The van der Waals surface area contributed by atoms with Crippen LogP contribution in [0.2, 0.25) is 0 Å². The van der Waals surface area contributed by atoms with Gasteiger partial charge in [0.25, 0.3) is 0 Å². The summed E-state index contributed by atoms with van der Waals surface area (Å²) in [5.74, 6) is 1.56. The lowest BCUT2D eigenvalue weighted by atomic mass is 9.88. The third-order valence-corrected chi connectivity index (χ3v) is 5.19. The Balaban J connectivity index is 1.57. The number of aryl methyl sites for hydroxylation is 1. The van der Waals surface area contributed by atoms with Gasteiger partial charge in [-0.2, -0.15) is 0 Å². The molecular weight excluding hydrogens is 256 g/mol. The van der Waals surface area contributed by atoms with Crippen LogP contribution < -0.4 is 5.32 Å². The van der Waals surface area contributed by atoms with Crippen molar-refractivity contribution in [1.29, 1.82) is 0 Å². The van der Waals surface area contributed by atoms with Gasteiger partial charge >= 0.3 is 0 Å². The Hall–Kier alpha value is -1.41. The highest BCUT2D eigenvalue weighted by Crippen LogP contribution is 2.40. The van der Waals surface area contributed by atoms with Gasteiger partial charge in [-0.3, -0.25) is 4.98 Å². The van der Waals surface area contributed by atoms with Crippen molar-refractivity contribution in [2.24, 2.45) is 5.92 Å². The summed E-state index contributed by atoms with van der Waals surface area (Å²) in [6, 6.07) is 12.1. The lowest BCUT2D eigenvalue weighted by molar-refractivity contribution is 0.443. The SMILES string of the molecule is Cc1ccc2cc(C3CCCC3CNC3CC3)ccc2n1. The van der Waals surface area contributed by atoms with E-state index in [1.54, 1.807) is 0 Å². The largest absolute Gasteiger partial charge is 0.314 e. The maximum atomic E-state index is 4.62. The minimum atomic E-state index is 0.738. The van der Waals surface area contributed by atoms with Crippen molar-refractivity contribution < 1.29 is 0 Å². The van der Waals surface area contributed by atoms with E-state index in [9.17, 15) is 0 Å². The summed E-state index contributed by atoms with van der Waals surface area (Å²) in [5.41, 5.74) is 3.75. The van der Waals surface area contributed by atoms with Crippen LogP contribution in [-0.4, -0.2) is 17.6 Å². The molecule has 0 saturated heterocycles. The van der Waals surface area contributed by atoms with Crippen molar-refractivity contribution in [3.8, 4) is 0 Å². The Kier molecular flexibility index (Phi) is 3.42. The first-order chi connectivity index (χ1) is 10.3. The van der Waals surface area contributed by atoms with Crippen LogP contribution in [0, 0.1) is 12.8 Å². The van der Waals surface area contributed by atoms with Crippen LogP contribution in [0.15, 0.2) is 30.3 Å². The minimum absolute atomic E-state index is 0.738. The van der Waals surface area contributed by atoms with Crippen molar-refractivity contribution in [2.75, 3.05) is 6.54 Å². The first-order valence-electron chi connectivity index (χ1n) is 8.40. The molecule has 2 heteroatoms. The molecule has 1 aromatic heterocycles. The average molecular weight is 280 g/mol. The second-order valence-electron chi connectivity index (χ2n) is 6.88. The third-order valence-electron chi connectivity index (χ3n) is 5.19. The van der Waals surface area contributed by atoms with Crippen LogP contribution in [-0.2, 0) is 0 Å². The zero-order valence-electron chi connectivity index (χ0n) is 12.8. The maximum absolute atomic E-state index is 4.62. The lowest BCUT2D eigenvalue weighted by Gasteiger charge is -2.21. The van der Waals surface area contributed by atoms with Gasteiger partial charge in [0.1, 0.15) is 0 Å². The predicted molar refractivity (Wildman–Crippen MR) is 87.6 cm³/mol. The van der Waals surface area contributed by atoms with E-state index in [1.807, 2.05) is 0 Å². The number of pyridine rings is 1. The van der Waals surface area contributed by atoms with E-state index < -0.39 is 0 Å². The molecule has 0 radical (unpaired) electrons. The predicted octanol–water partition coefficient (Wildman–Crippen LogP) is 4.18. The summed E-state index contributed by atoms with van der Waals surface area (Å²) < 4.78 is 0. The Bertz CT molecular complexity index is 645. The van der Waals surface area contributed by atoms with E-state index in [2.05, 4.69) is 47.6 Å². The molecule has 1 aromatic carbocycles. The molecule has 2 unspecified atom stereocenters. The van der Waals surface area contributed by atoms with Crippen LogP contribution in [0.4, 0.5) is 0 Å². The topological polar surface area (TPSA) is 24.9 Å². The number of aromatic nitrogens is 1. The molecule has 0 amide bonds. The van der Waals surface area contributed by atoms with Crippen molar-refractivity contribution in [2.45, 2.75) is 51.0 Å². The quantitative estimate of drug-likeness (QED) is 0.909. The van der Waals surface area contributed by atoms with Crippen LogP contribution in [0.5, 0.6) is 0 Å². The average Bonchev–Trinajstić information content (AvgIpc) is 3.21. The van der Waals surface area contributed by atoms with Gasteiger partial charge in [-0.25, -0.2) is 0 Å². The number of rotatable bonds is 4. The summed E-state index contributed by atoms with van der Waals surface area (Å²) in [7, 11) is 0. The highest BCUT2D eigenvalue weighted by atomic mass is 14.9. The first kappa shape index (κ1) is 13.3. The zero-order chi connectivity index (χ0) is 14.2. The Morgan fingerprint density at radius 3 is 2.86 bits per heavy atom. The summed E-state index contributed by atoms with van der Waals surface area (Å²) in [6.45, 7) is 3.27. The van der Waals surface area contributed by atoms with Gasteiger partial charge in [-0.1, -0.05) is 18.6 Å². The molecule has 21 heavy (non-hydrogen) atoms. The van der Waals surface area contributed by atoms with Crippen molar-refractivity contribution in [3.05, 3.63) is 41.6 Å². The molecule has 2 aliphatic rings. The third kappa shape index (κ3) is 2.82. The molecule has 0 aliphatic heterocycles. The fourth-order valence-corrected chi connectivity index (χ4v) is 3.80. The van der Waals surface area contributed by atoms with Gasteiger partial charge in [0.2, 0.25) is 0 Å². The van der Waals surface area contributed by atoms with Crippen molar-refractivity contribution >= 4 is 10.9 Å². The normalized spacial score (nSPS) is 25.6. The standard InChI is InChI=1S/C19H24N2/c1-13-5-6-15-11-14(7-10-19(15)21-13)18-4-2-3-16(18)12-20-17-8-9-17/h5-7,10-11,16-18,20H,2-4,8-9,12H2,1H3. The smallest absolute Gasteiger partial charge is 0.0705 e. The fourth-order valence-electron chi connectivity index (χ4n) is 3.80. The van der Waals surface area contributed by atoms with Crippen LogP contribution in [0.1, 0.15) is 49.3 Å². The Labute approximate surface area is 127 Å². The number of hydrogen-bond acceptors (Lipinski definition) is 2. The van der Waals surface area contributed by atoms with Gasteiger partial charge < -0.3 is 5.32 Å². The monoisotopic (exact) mass is 280 g/mol. The van der Waals surface area contributed by atoms with Crippen molar-refractivity contribution in [3.63, 3.8) is 0 Å². The van der Waals surface area contributed by atoms with Gasteiger partial charge in [0.15, 0.2) is 0 Å². The van der Waals surface area contributed by atoms with Crippen LogP contribution in [0.3, 0.4) is 0 Å². The number of nitrogens with zero attached hydrogens (tertiary/aromatic N) is 1. The molecule has 110 valence electrons. The second-order valence-corrected chi connectivity index (χ2v) is 6.88. The van der Waals surface area contributed by atoms with E-state index in [0.717, 1.165) is 29.1 Å². The highest BCUT2D eigenvalue weighted by molar-refractivity contribution is 5.79. The summed E-state index contributed by atoms with van der Waals surface area (Å²) >= 11 is 0. The zero-order valence-corrected chi connectivity index (χ0v) is 12.8. The van der Waals surface area contributed by atoms with E-state index >= 15 is 0 Å². The van der Waals surface area contributed by atoms with Gasteiger partial charge in [0, 0.05) is 17.1 Å². The Morgan fingerprint density at radius 1 is 1.10 bits per heavy atom. The fraction of sp³-hybridized carbons (Fsp3) is 0.526. The minimum Gasteiger partial charge on any atom is -0.314 e. The van der Waals surface area contributed by atoms with Gasteiger partial charge in [-0.05, 0) is 74.8 Å². The van der Waals surface area contributed by atoms with E-state index in [1.165, 1.54) is 49.6 Å². The molecule has 2 aliphatic carbocycles. The summed E-state index contributed by atoms with van der Waals surface area (Å²) in [4.78, 5) is 4.62. The van der Waals surface area contributed by atoms with Gasteiger partial charge in [0.05, 0.1) is 5.52 Å². The van der Waals surface area contributed by atoms with E-state index in [0.29, 0.717) is 0 Å². The second kappa shape index (κ2) is 5.42. The maximum Gasteiger partial charge on any atom is 0.0705 e. The van der Waals surface area contributed by atoms with E-state index in [4.69, 9.17) is 0 Å². The first-order valence-corrected chi connectivity index (χ1v) is 8.40. The summed E-state index contributed by atoms with van der Waals surface area (Å²) in [6.07, 6.45) is 6.89. The molecular formula is C19H24N2. The highest BCUT2D eigenvalue weighted by Gasteiger charge is 2.30. The summed E-state index contributed by atoms with van der Waals surface area (Å²) in [5, 5.41) is 5.02. The number of nitrogens with one attached hydrogen (secondary N) is 1. The molecule has 4 rings (SSSR count). The molecule has 2 saturated carbocycles. The molecule has 1 N–H and O–H groups in total. The number of hydrogen-bond donors (Lipinski definition) is 1. The number of fused-ring (bicyclic) bond motifs is 1. The molecule has 2 aromatic rings. The molecule has 2 fully saturated rings. The van der Waals surface area contributed by atoms with Crippen molar-refractivity contribution in [1.82, 2.24) is 10.3 Å². The molecule has 2 atom stereocenters. The van der Waals surface area contributed by atoms with Gasteiger partial charge in [-0.15, -0.1) is 0 Å². The van der Waals surface area contributed by atoms with Crippen LogP contribution >= 0.6 is 0 Å². The number of benzene rings is 1. The van der Waals surface area contributed by atoms with Crippen LogP contribution in [0.25, 0.3) is 10.9 Å². The van der Waals surface area contributed by atoms with E-state index in [-0.39, 0.29) is 0 Å². The Morgan fingerprint density at radius 2 is 2.00 bits per heavy atom. The lowest BCUT2D eigenvalue weighted by Crippen LogP contribution is -2.26. The molecule has 1 heterocycles.